The van der Waals surface area contributed by atoms with Gasteiger partial charge in [-0.3, -0.25) is 4.98 Å². The van der Waals surface area contributed by atoms with Crippen molar-refractivity contribution in [2.75, 3.05) is 7.11 Å². The van der Waals surface area contributed by atoms with E-state index in [1.165, 1.54) is 31.2 Å². The number of nitrogens with zero attached hydrogens (tertiary/aromatic N) is 1. The van der Waals surface area contributed by atoms with Gasteiger partial charge in [-0.15, -0.1) is 0 Å². The third-order valence-corrected chi connectivity index (χ3v) is 4.34. The summed E-state index contributed by atoms with van der Waals surface area (Å²) in [4.78, 5) is 4.65. The summed E-state index contributed by atoms with van der Waals surface area (Å²) in [6.07, 6.45) is 7.13. The molecule has 1 aromatic carbocycles. The number of ether oxygens (including phenoxy) is 1. The molecule has 1 atom stereocenters. The van der Waals surface area contributed by atoms with E-state index in [1.54, 1.807) is 7.11 Å². The Morgan fingerprint density at radius 3 is 2.50 bits per heavy atom. The fourth-order valence-corrected chi connectivity index (χ4v) is 3.41. The molecule has 1 saturated carbocycles. The maximum atomic E-state index is 5.54. The van der Waals surface area contributed by atoms with Crippen LogP contribution in [0.4, 0.5) is 0 Å². The highest BCUT2D eigenvalue weighted by Gasteiger charge is 2.30. The summed E-state index contributed by atoms with van der Waals surface area (Å²) in [7, 11) is 1.73. The Labute approximate surface area is 120 Å². The molecule has 0 radical (unpaired) electrons. The second kappa shape index (κ2) is 6.08. The third-order valence-electron chi connectivity index (χ3n) is 4.34. The highest BCUT2D eigenvalue weighted by atomic mass is 16.5. The van der Waals surface area contributed by atoms with Gasteiger partial charge in [0.05, 0.1) is 12.8 Å². The summed E-state index contributed by atoms with van der Waals surface area (Å²) in [5.74, 6) is 1.95. The van der Waals surface area contributed by atoms with Crippen LogP contribution in [0.3, 0.4) is 0 Å². The fourth-order valence-electron chi connectivity index (χ4n) is 3.41. The summed E-state index contributed by atoms with van der Waals surface area (Å²) in [6, 6.07) is 14.7. The van der Waals surface area contributed by atoms with Crippen LogP contribution in [0.15, 0.2) is 48.7 Å². The van der Waals surface area contributed by atoms with Gasteiger partial charge >= 0.3 is 0 Å². The number of pyridine rings is 1. The van der Waals surface area contributed by atoms with Gasteiger partial charge in [0.25, 0.3) is 0 Å². The maximum Gasteiger partial charge on any atom is 0.140 e. The van der Waals surface area contributed by atoms with E-state index >= 15 is 0 Å². The molecular weight excluding hydrogens is 246 g/mol. The zero-order valence-electron chi connectivity index (χ0n) is 12.0. The van der Waals surface area contributed by atoms with Crippen molar-refractivity contribution < 1.29 is 4.74 Å². The van der Waals surface area contributed by atoms with Gasteiger partial charge in [-0.05, 0) is 36.5 Å². The van der Waals surface area contributed by atoms with Crippen molar-refractivity contribution in [3.63, 3.8) is 0 Å². The predicted octanol–water partition coefficient (Wildman–Crippen LogP) is 4.41. The molecule has 2 aromatic rings. The van der Waals surface area contributed by atoms with Gasteiger partial charge in [0.2, 0.25) is 0 Å². The molecule has 1 fully saturated rings. The Morgan fingerprint density at radius 2 is 1.80 bits per heavy atom. The van der Waals surface area contributed by atoms with Crippen LogP contribution in [-0.4, -0.2) is 12.1 Å². The molecule has 2 heteroatoms. The first-order chi connectivity index (χ1) is 9.90. The van der Waals surface area contributed by atoms with Crippen LogP contribution in [0.1, 0.15) is 42.9 Å². The molecule has 1 heterocycles. The standard InChI is InChI=1S/C18H21NO/c1-20-16-12-7-13-19-18(16)17(15-10-5-6-11-15)14-8-3-2-4-9-14/h2-4,7-9,12-13,15,17H,5-6,10-11H2,1H3/t17-/m0/s1. The summed E-state index contributed by atoms with van der Waals surface area (Å²) in [6.45, 7) is 0. The van der Waals surface area contributed by atoms with Crippen molar-refractivity contribution in [1.29, 1.82) is 0 Å². The first kappa shape index (κ1) is 13.2. The molecular formula is C18H21NO. The topological polar surface area (TPSA) is 22.1 Å². The van der Waals surface area contributed by atoms with E-state index in [0.717, 1.165) is 11.4 Å². The lowest BCUT2D eigenvalue weighted by atomic mass is 9.82. The molecule has 20 heavy (non-hydrogen) atoms. The third kappa shape index (κ3) is 2.55. The average Bonchev–Trinajstić information content (AvgIpc) is 3.03. The second-order valence-electron chi connectivity index (χ2n) is 5.52. The van der Waals surface area contributed by atoms with Crippen LogP contribution in [0.2, 0.25) is 0 Å². The minimum absolute atomic E-state index is 0.356. The quantitative estimate of drug-likeness (QED) is 0.818. The Balaban J connectivity index is 2.05. The number of methoxy groups -OCH3 is 1. The van der Waals surface area contributed by atoms with E-state index in [-0.39, 0.29) is 0 Å². The van der Waals surface area contributed by atoms with Crippen molar-refractivity contribution in [2.45, 2.75) is 31.6 Å². The second-order valence-corrected chi connectivity index (χ2v) is 5.52. The molecule has 0 bridgehead atoms. The summed E-state index contributed by atoms with van der Waals surface area (Å²) < 4.78 is 5.54. The molecule has 3 rings (SSSR count). The first-order valence-electron chi connectivity index (χ1n) is 7.44. The molecule has 0 aliphatic heterocycles. The van der Waals surface area contributed by atoms with E-state index < -0.39 is 0 Å². The Morgan fingerprint density at radius 1 is 1.05 bits per heavy atom. The largest absolute Gasteiger partial charge is 0.495 e. The van der Waals surface area contributed by atoms with Gasteiger partial charge in [0, 0.05) is 12.1 Å². The van der Waals surface area contributed by atoms with Crippen LogP contribution >= 0.6 is 0 Å². The van der Waals surface area contributed by atoms with Gasteiger partial charge in [-0.2, -0.15) is 0 Å². The Hall–Kier alpha value is -1.83. The van der Waals surface area contributed by atoms with Crippen molar-refractivity contribution in [3.8, 4) is 5.75 Å². The van der Waals surface area contributed by atoms with E-state index in [9.17, 15) is 0 Å². The normalized spacial score (nSPS) is 17.1. The van der Waals surface area contributed by atoms with Crippen LogP contribution in [0, 0.1) is 5.92 Å². The number of aromatic nitrogens is 1. The van der Waals surface area contributed by atoms with Crippen LogP contribution in [0.5, 0.6) is 5.75 Å². The molecule has 0 unspecified atom stereocenters. The number of benzene rings is 1. The summed E-state index contributed by atoms with van der Waals surface area (Å²) >= 11 is 0. The monoisotopic (exact) mass is 267 g/mol. The van der Waals surface area contributed by atoms with Crippen molar-refractivity contribution >= 4 is 0 Å². The summed E-state index contributed by atoms with van der Waals surface area (Å²) in [5.41, 5.74) is 2.45. The van der Waals surface area contributed by atoms with E-state index in [2.05, 4.69) is 35.3 Å². The lowest BCUT2D eigenvalue weighted by Crippen LogP contribution is -2.14. The number of hydrogen-bond acceptors (Lipinski definition) is 2. The fraction of sp³-hybridized carbons (Fsp3) is 0.389. The predicted molar refractivity (Wildman–Crippen MR) is 81.0 cm³/mol. The molecule has 0 amide bonds. The lowest BCUT2D eigenvalue weighted by molar-refractivity contribution is 0.390. The molecule has 0 spiro atoms. The van der Waals surface area contributed by atoms with Gasteiger partial charge in [-0.25, -0.2) is 0 Å². The minimum Gasteiger partial charge on any atom is -0.495 e. The highest BCUT2D eigenvalue weighted by Crippen LogP contribution is 2.43. The Kier molecular flexibility index (Phi) is 4.00. The van der Waals surface area contributed by atoms with Gasteiger partial charge in [-0.1, -0.05) is 43.2 Å². The maximum absolute atomic E-state index is 5.54. The van der Waals surface area contributed by atoms with E-state index in [0.29, 0.717) is 11.8 Å². The molecule has 1 aliphatic rings. The van der Waals surface area contributed by atoms with Crippen LogP contribution < -0.4 is 4.74 Å². The number of hydrogen-bond donors (Lipinski definition) is 0. The molecule has 2 nitrogen and oxygen atoms in total. The van der Waals surface area contributed by atoms with E-state index in [1.807, 2.05) is 18.3 Å². The molecule has 1 aliphatic carbocycles. The van der Waals surface area contributed by atoms with Crippen LogP contribution in [-0.2, 0) is 0 Å². The zero-order chi connectivity index (χ0) is 13.8. The molecule has 1 aromatic heterocycles. The first-order valence-corrected chi connectivity index (χ1v) is 7.44. The summed E-state index contributed by atoms with van der Waals surface area (Å²) in [5, 5.41) is 0. The molecule has 104 valence electrons. The number of rotatable bonds is 4. The van der Waals surface area contributed by atoms with Crippen molar-refractivity contribution in [2.24, 2.45) is 5.92 Å². The SMILES string of the molecule is COc1cccnc1[C@@H](c1ccccc1)C1CCCC1. The molecule has 0 N–H and O–H groups in total. The van der Waals surface area contributed by atoms with Gasteiger partial charge in [0.15, 0.2) is 0 Å². The smallest absolute Gasteiger partial charge is 0.140 e. The highest BCUT2D eigenvalue weighted by molar-refractivity contribution is 5.38. The van der Waals surface area contributed by atoms with Crippen molar-refractivity contribution in [3.05, 3.63) is 59.9 Å². The Bertz CT molecular complexity index is 546. The van der Waals surface area contributed by atoms with Gasteiger partial charge in [0.1, 0.15) is 5.75 Å². The van der Waals surface area contributed by atoms with Crippen LogP contribution in [0.25, 0.3) is 0 Å². The average molecular weight is 267 g/mol. The van der Waals surface area contributed by atoms with Crippen molar-refractivity contribution in [1.82, 2.24) is 4.98 Å². The minimum atomic E-state index is 0.356. The van der Waals surface area contributed by atoms with E-state index in [4.69, 9.17) is 4.74 Å². The van der Waals surface area contributed by atoms with Gasteiger partial charge < -0.3 is 4.74 Å². The molecule has 0 saturated heterocycles. The zero-order valence-corrected chi connectivity index (χ0v) is 12.0. The lowest BCUT2D eigenvalue weighted by Gasteiger charge is -2.25.